The van der Waals surface area contributed by atoms with Crippen molar-refractivity contribution in [1.82, 2.24) is 14.8 Å². The van der Waals surface area contributed by atoms with Crippen LogP contribution in [0.4, 0.5) is 0 Å². The number of rotatable bonds is 11. The van der Waals surface area contributed by atoms with Crippen molar-refractivity contribution in [3.05, 3.63) is 42.3 Å². The Morgan fingerprint density at radius 3 is 2.35 bits per heavy atom. The molecule has 6 nitrogen and oxygen atoms in total. The van der Waals surface area contributed by atoms with E-state index in [0.717, 1.165) is 68.0 Å². The van der Waals surface area contributed by atoms with E-state index in [1.165, 1.54) is 51.9 Å². The van der Waals surface area contributed by atoms with Crippen molar-refractivity contribution in [1.29, 1.82) is 0 Å². The molecule has 3 heterocycles. The lowest BCUT2D eigenvalue weighted by Crippen LogP contribution is -2.29. The minimum Gasteiger partial charge on any atom is -0.493 e. The SMILES string of the molecule is CC1(OCCCN2CCCC2)C=CC(c2nc3ccc(OCCCN4CCCC4)cc3o2)=CC1. The minimum atomic E-state index is -0.253. The molecule has 184 valence electrons. The van der Waals surface area contributed by atoms with Gasteiger partial charge in [-0.3, -0.25) is 0 Å². The number of oxazole rings is 1. The standard InChI is InChI=1S/C28H39N3O3/c1-28(33-21-7-19-31-16-4-5-17-31)12-10-23(11-13-28)27-29-25-9-8-24(22-26(25)34-27)32-20-6-18-30-14-2-3-15-30/h8-12,22H,2-7,13-21H2,1H3. The lowest BCUT2D eigenvalue weighted by atomic mass is 9.93. The maximum absolute atomic E-state index is 6.24. The molecule has 2 aromatic rings. The topological polar surface area (TPSA) is 51.0 Å². The van der Waals surface area contributed by atoms with Crippen LogP contribution in [0.15, 0.2) is 40.8 Å². The number of hydrogen-bond donors (Lipinski definition) is 0. The maximum atomic E-state index is 6.24. The van der Waals surface area contributed by atoms with Gasteiger partial charge in [-0.2, -0.15) is 0 Å². The average molecular weight is 466 g/mol. The third-order valence-electron chi connectivity index (χ3n) is 7.28. The van der Waals surface area contributed by atoms with Crippen LogP contribution in [0.25, 0.3) is 16.7 Å². The monoisotopic (exact) mass is 465 g/mol. The Labute approximate surface area is 203 Å². The zero-order chi connectivity index (χ0) is 23.2. The predicted molar refractivity (Wildman–Crippen MR) is 136 cm³/mol. The lowest BCUT2D eigenvalue weighted by Gasteiger charge is -2.28. The number of benzene rings is 1. The first-order valence-corrected chi connectivity index (χ1v) is 13.2. The van der Waals surface area contributed by atoms with Crippen molar-refractivity contribution in [3.63, 3.8) is 0 Å². The fourth-order valence-corrected chi connectivity index (χ4v) is 5.18. The average Bonchev–Trinajstić information content (AvgIpc) is 3.62. The molecule has 0 amide bonds. The van der Waals surface area contributed by atoms with Gasteiger partial charge in [0.25, 0.3) is 0 Å². The van der Waals surface area contributed by atoms with E-state index in [1.807, 2.05) is 18.2 Å². The number of likely N-dealkylation sites (tertiary alicyclic amines) is 2. The van der Waals surface area contributed by atoms with Gasteiger partial charge >= 0.3 is 0 Å². The number of aromatic nitrogens is 1. The predicted octanol–water partition coefficient (Wildman–Crippen LogP) is 5.30. The Kier molecular flexibility index (Phi) is 7.67. The van der Waals surface area contributed by atoms with Crippen molar-refractivity contribution in [2.45, 2.75) is 57.5 Å². The van der Waals surface area contributed by atoms with E-state index < -0.39 is 0 Å². The molecular weight excluding hydrogens is 426 g/mol. The second kappa shape index (κ2) is 11.1. The van der Waals surface area contributed by atoms with Crippen LogP contribution in [0, 0.1) is 0 Å². The largest absolute Gasteiger partial charge is 0.493 e. The first-order valence-electron chi connectivity index (χ1n) is 13.2. The van der Waals surface area contributed by atoms with Gasteiger partial charge in [-0.1, -0.05) is 18.2 Å². The summed E-state index contributed by atoms with van der Waals surface area (Å²) in [6.45, 7) is 10.9. The van der Waals surface area contributed by atoms with E-state index in [2.05, 4.69) is 35.0 Å². The van der Waals surface area contributed by atoms with Gasteiger partial charge in [0.2, 0.25) is 5.89 Å². The molecule has 1 atom stereocenters. The molecule has 1 aromatic heterocycles. The molecule has 3 aliphatic rings. The van der Waals surface area contributed by atoms with Crippen LogP contribution in [0.1, 0.15) is 57.8 Å². The van der Waals surface area contributed by atoms with Gasteiger partial charge in [0.1, 0.15) is 11.3 Å². The first-order chi connectivity index (χ1) is 16.7. The van der Waals surface area contributed by atoms with Gasteiger partial charge in [-0.05, 0) is 90.2 Å². The summed E-state index contributed by atoms with van der Waals surface area (Å²) in [5.41, 5.74) is 2.40. The highest BCUT2D eigenvalue weighted by atomic mass is 16.5. The highest BCUT2D eigenvalue weighted by molar-refractivity contribution is 5.79. The molecule has 0 spiro atoms. The van der Waals surface area contributed by atoms with Crippen LogP contribution < -0.4 is 4.74 Å². The van der Waals surface area contributed by atoms with Crippen LogP contribution in [0.3, 0.4) is 0 Å². The number of fused-ring (bicyclic) bond motifs is 1. The third-order valence-corrected chi connectivity index (χ3v) is 7.28. The third kappa shape index (κ3) is 6.09. The molecule has 34 heavy (non-hydrogen) atoms. The summed E-state index contributed by atoms with van der Waals surface area (Å²) in [4.78, 5) is 9.76. The fourth-order valence-electron chi connectivity index (χ4n) is 5.18. The van der Waals surface area contributed by atoms with Crippen LogP contribution in [-0.2, 0) is 4.74 Å². The molecule has 1 aromatic carbocycles. The summed E-state index contributed by atoms with van der Waals surface area (Å²) in [6, 6.07) is 5.93. The molecule has 2 fully saturated rings. The van der Waals surface area contributed by atoms with Crippen LogP contribution in [0.2, 0.25) is 0 Å². The van der Waals surface area contributed by atoms with E-state index in [0.29, 0.717) is 5.89 Å². The number of allylic oxidation sites excluding steroid dienone is 2. The van der Waals surface area contributed by atoms with Gasteiger partial charge < -0.3 is 23.7 Å². The summed E-state index contributed by atoms with van der Waals surface area (Å²) in [5.74, 6) is 1.51. The van der Waals surface area contributed by atoms with Crippen molar-refractivity contribution < 1.29 is 13.9 Å². The second-order valence-electron chi connectivity index (χ2n) is 10.2. The molecular formula is C28H39N3O3. The molecule has 1 unspecified atom stereocenters. The molecule has 0 N–H and O–H groups in total. The van der Waals surface area contributed by atoms with E-state index in [4.69, 9.17) is 18.9 Å². The number of nitrogens with zero attached hydrogens (tertiary/aromatic N) is 3. The van der Waals surface area contributed by atoms with Gasteiger partial charge in [-0.25, -0.2) is 4.98 Å². The molecule has 6 heteroatoms. The highest BCUT2D eigenvalue weighted by Gasteiger charge is 2.25. The van der Waals surface area contributed by atoms with Gasteiger partial charge in [-0.15, -0.1) is 0 Å². The Balaban J connectivity index is 1.10. The molecule has 0 radical (unpaired) electrons. The van der Waals surface area contributed by atoms with Gasteiger partial charge in [0.05, 0.1) is 12.2 Å². The van der Waals surface area contributed by atoms with E-state index in [9.17, 15) is 0 Å². The van der Waals surface area contributed by atoms with Crippen molar-refractivity contribution in [3.8, 4) is 5.75 Å². The van der Waals surface area contributed by atoms with Crippen molar-refractivity contribution in [2.75, 3.05) is 52.5 Å². The molecule has 1 aliphatic carbocycles. The molecule has 0 saturated carbocycles. The number of hydrogen-bond acceptors (Lipinski definition) is 6. The zero-order valence-corrected chi connectivity index (χ0v) is 20.6. The first kappa shape index (κ1) is 23.6. The van der Waals surface area contributed by atoms with Crippen molar-refractivity contribution in [2.24, 2.45) is 0 Å². The lowest BCUT2D eigenvalue weighted by molar-refractivity contribution is 0.00334. The van der Waals surface area contributed by atoms with E-state index >= 15 is 0 Å². The Morgan fingerprint density at radius 2 is 1.68 bits per heavy atom. The minimum absolute atomic E-state index is 0.253. The van der Waals surface area contributed by atoms with Crippen LogP contribution in [0.5, 0.6) is 5.75 Å². The second-order valence-corrected chi connectivity index (χ2v) is 10.2. The van der Waals surface area contributed by atoms with Gasteiger partial charge in [0, 0.05) is 31.3 Å². The highest BCUT2D eigenvalue weighted by Crippen LogP contribution is 2.31. The van der Waals surface area contributed by atoms with Crippen LogP contribution in [-0.4, -0.2) is 72.9 Å². The molecule has 5 rings (SSSR count). The zero-order valence-electron chi connectivity index (χ0n) is 20.6. The maximum Gasteiger partial charge on any atom is 0.226 e. The Bertz CT molecular complexity index is 1000. The summed E-state index contributed by atoms with van der Waals surface area (Å²) in [5, 5.41) is 0. The molecule has 2 aliphatic heterocycles. The van der Waals surface area contributed by atoms with E-state index in [-0.39, 0.29) is 5.60 Å². The quantitative estimate of drug-likeness (QED) is 0.420. The normalized spacial score (nSPS) is 23.7. The fraction of sp³-hybridized carbons (Fsp3) is 0.607. The smallest absolute Gasteiger partial charge is 0.226 e. The summed E-state index contributed by atoms with van der Waals surface area (Å²) < 4.78 is 18.3. The number of ether oxygens (including phenoxy) is 2. The Hall–Kier alpha value is -2.15. The van der Waals surface area contributed by atoms with Crippen molar-refractivity contribution >= 4 is 16.7 Å². The summed E-state index contributed by atoms with van der Waals surface area (Å²) in [6.07, 6.45) is 14.8. The Morgan fingerprint density at radius 1 is 0.971 bits per heavy atom. The summed E-state index contributed by atoms with van der Waals surface area (Å²) in [7, 11) is 0. The summed E-state index contributed by atoms with van der Waals surface area (Å²) >= 11 is 0. The molecule has 0 bridgehead atoms. The molecule has 2 saturated heterocycles. The van der Waals surface area contributed by atoms with Gasteiger partial charge in [0.15, 0.2) is 5.58 Å². The van der Waals surface area contributed by atoms with E-state index in [1.54, 1.807) is 0 Å². The van der Waals surface area contributed by atoms with Crippen LogP contribution >= 0.6 is 0 Å².